The predicted molar refractivity (Wildman–Crippen MR) is 108 cm³/mol. The highest BCUT2D eigenvalue weighted by atomic mass is 16.2. The lowest BCUT2D eigenvalue weighted by Gasteiger charge is -2.36. The second-order valence-electron chi connectivity index (χ2n) is 8.56. The van der Waals surface area contributed by atoms with Crippen LogP contribution >= 0.6 is 0 Å². The Morgan fingerprint density at radius 3 is 2.52 bits per heavy atom. The van der Waals surface area contributed by atoms with Crippen LogP contribution in [0.1, 0.15) is 32.8 Å². The number of para-hydroxylation sites is 1. The second kappa shape index (κ2) is 8.18. The highest BCUT2D eigenvalue weighted by molar-refractivity contribution is 5.74. The van der Waals surface area contributed by atoms with Crippen molar-refractivity contribution in [2.45, 2.75) is 32.7 Å². The number of carbonyl (C=O) groups is 1. The summed E-state index contributed by atoms with van der Waals surface area (Å²) in [6.07, 6.45) is 1.15. The monoisotopic (exact) mass is 369 g/mol. The maximum Gasteiger partial charge on any atom is 0.317 e. The first-order valence-corrected chi connectivity index (χ1v) is 9.90. The van der Waals surface area contributed by atoms with Gasteiger partial charge in [-0.2, -0.15) is 5.26 Å². The Bertz CT molecular complexity index is 697. The van der Waals surface area contributed by atoms with Crippen LogP contribution in [0.3, 0.4) is 0 Å². The molecule has 2 heterocycles. The van der Waals surface area contributed by atoms with E-state index in [0.29, 0.717) is 24.6 Å². The Morgan fingerprint density at radius 2 is 1.89 bits per heavy atom. The molecule has 1 N–H and O–H groups in total. The number of amides is 2. The fraction of sp³-hybridized carbons (Fsp3) is 0.619. The third-order valence-corrected chi connectivity index (χ3v) is 5.71. The Morgan fingerprint density at radius 1 is 1.19 bits per heavy atom. The average molecular weight is 370 g/mol. The molecule has 0 radical (unpaired) electrons. The van der Waals surface area contributed by atoms with E-state index in [2.05, 4.69) is 42.0 Å². The van der Waals surface area contributed by atoms with Crippen LogP contribution < -0.4 is 10.2 Å². The second-order valence-corrected chi connectivity index (χ2v) is 8.56. The van der Waals surface area contributed by atoms with E-state index in [1.54, 1.807) is 0 Å². The molecule has 6 heteroatoms. The smallest absolute Gasteiger partial charge is 0.317 e. The van der Waals surface area contributed by atoms with Gasteiger partial charge in [-0.3, -0.25) is 4.90 Å². The molecular formula is C21H31N5O. The zero-order valence-corrected chi connectivity index (χ0v) is 16.7. The van der Waals surface area contributed by atoms with Crippen molar-refractivity contribution in [3.05, 3.63) is 29.8 Å². The number of urea groups is 1. The Kier molecular flexibility index (Phi) is 5.91. The molecule has 1 aromatic carbocycles. The first-order chi connectivity index (χ1) is 12.9. The Hall–Kier alpha value is -2.26. The standard InChI is InChI=1S/C21H31N5O/c1-21(2,3)26-9-8-17(16-26)15-23-20(27)25-12-10-24(11-13-25)19-7-5-4-6-18(19)14-22/h4-7,17H,8-13,15-16H2,1-3H3,(H,23,27)/t17-/m0/s1. The number of anilines is 1. The zero-order valence-electron chi connectivity index (χ0n) is 16.7. The van der Waals surface area contributed by atoms with Crippen molar-refractivity contribution < 1.29 is 4.79 Å². The molecule has 2 amide bonds. The van der Waals surface area contributed by atoms with Gasteiger partial charge in [0.2, 0.25) is 0 Å². The number of carbonyl (C=O) groups excluding carboxylic acids is 1. The van der Waals surface area contributed by atoms with Gasteiger partial charge in [0.05, 0.1) is 11.3 Å². The molecule has 146 valence electrons. The highest BCUT2D eigenvalue weighted by Crippen LogP contribution is 2.24. The summed E-state index contributed by atoms with van der Waals surface area (Å²) >= 11 is 0. The lowest BCUT2D eigenvalue weighted by molar-refractivity contribution is 0.166. The van der Waals surface area contributed by atoms with Gasteiger partial charge in [0.25, 0.3) is 0 Å². The predicted octanol–water partition coefficient (Wildman–Crippen LogP) is 2.51. The molecule has 2 aliphatic rings. The van der Waals surface area contributed by atoms with E-state index in [-0.39, 0.29) is 11.6 Å². The minimum absolute atomic E-state index is 0.0393. The number of nitriles is 1. The van der Waals surface area contributed by atoms with Crippen molar-refractivity contribution in [3.8, 4) is 6.07 Å². The molecule has 0 spiro atoms. The van der Waals surface area contributed by atoms with E-state index in [4.69, 9.17) is 0 Å². The van der Waals surface area contributed by atoms with E-state index in [9.17, 15) is 10.1 Å². The van der Waals surface area contributed by atoms with Crippen LogP contribution in [0.25, 0.3) is 0 Å². The van der Waals surface area contributed by atoms with E-state index >= 15 is 0 Å². The van der Waals surface area contributed by atoms with E-state index in [0.717, 1.165) is 44.8 Å². The first kappa shape index (κ1) is 19.5. The molecule has 2 aliphatic heterocycles. The zero-order chi connectivity index (χ0) is 19.4. The number of nitrogens with one attached hydrogen (secondary N) is 1. The fourth-order valence-electron chi connectivity index (χ4n) is 3.95. The molecule has 1 atom stereocenters. The van der Waals surface area contributed by atoms with E-state index in [1.165, 1.54) is 0 Å². The molecule has 0 unspecified atom stereocenters. The van der Waals surface area contributed by atoms with Crippen LogP contribution in [0.5, 0.6) is 0 Å². The van der Waals surface area contributed by atoms with Gasteiger partial charge < -0.3 is 15.1 Å². The van der Waals surface area contributed by atoms with Crippen LogP contribution in [-0.4, -0.2) is 67.2 Å². The highest BCUT2D eigenvalue weighted by Gasteiger charge is 2.30. The van der Waals surface area contributed by atoms with Gasteiger partial charge in [0, 0.05) is 44.8 Å². The molecule has 1 aromatic rings. The lowest BCUT2D eigenvalue weighted by atomic mass is 10.1. The van der Waals surface area contributed by atoms with Gasteiger partial charge in [-0.1, -0.05) is 12.1 Å². The van der Waals surface area contributed by atoms with Gasteiger partial charge in [-0.05, 0) is 51.8 Å². The van der Waals surface area contributed by atoms with Crippen molar-refractivity contribution in [2.24, 2.45) is 5.92 Å². The van der Waals surface area contributed by atoms with E-state index in [1.807, 2.05) is 29.2 Å². The Labute approximate surface area is 162 Å². The normalized spacial score (nSPS) is 21.2. The molecule has 2 saturated heterocycles. The van der Waals surface area contributed by atoms with E-state index < -0.39 is 0 Å². The third-order valence-electron chi connectivity index (χ3n) is 5.71. The SMILES string of the molecule is CC(C)(C)N1CC[C@@H](CNC(=O)N2CCN(c3ccccc3C#N)CC2)C1. The van der Waals surface area contributed by atoms with Gasteiger partial charge in [-0.15, -0.1) is 0 Å². The maximum atomic E-state index is 12.5. The van der Waals surface area contributed by atoms with Gasteiger partial charge in [0.1, 0.15) is 6.07 Å². The summed E-state index contributed by atoms with van der Waals surface area (Å²) in [4.78, 5) is 19.1. The minimum Gasteiger partial charge on any atom is -0.367 e. The number of nitrogens with zero attached hydrogens (tertiary/aromatic N) is 4. The largest absolute Gasteiger partial charge is 0.367 e. The molecule has 0 saturated carbocycles. The van der Waals surface area contributed by atoms with Gasteiger partial charge in [-0.25, -0.2) is 4.79 Å². The molecule has 2 fully saturated rings. The molecule has 6 nitrogen and oxygen atoms in total. The molecule has 0 bridgehead atoms. The first-order valence-electron chi connectivity index (χ1n) is 9.90. The molecule has 0 aromatic heterocycles. The van der Waals surface area contributed by atoms with Crippen molar-refractivity contribution in [1.29, 1.82) is 5.26 Å². The van der Waals surface area contributed by atoms with Gasteiger partial charge >= 0.3 is 6.03 Å². The topological polar surface area (TPSA) is 62.6 Å². The number of hydrogen-bond donors (Lipinski definition) is 1. The molecule has 0 aliphatic carbocycles. The molecule has 3 rings (SSSR count). The summed E-state index contributed by atoms with van der Waals surface area (Å²) in [6, 6.07) is 9.96. The summed E-state index contributed by atoms with van der Waals surface area (Å²) in [6.45, 7) is 12.6. The van der Waals surface area contributed by atoms with Crippen molar-refractivity contribution in [2.75, 3.05) is 50.7 Å². The minimum atomic E-state index is 0.0393. The molecular weight excluding hydrogens is 338 g/mol. The maximum absolute atomic E-state index is 12.5. The van der Waals surface area contributed by atoms with Crippen molar-refractivity contribution >= 4 is 11.7 Å². The lowest BCUT2D eigenvalue weighted by Crippen LogP contribution is -2.52. The van der Waals surface area contributed by atoms with Crippen LogP contribution in [-0.2, 0) is 0 Å². The average Bonchev–Trinajstić information content (AvgIpc) is 3.16. The van der Waals surface area contributed by atoms with Crippen LogP contribution in [0.2, 0.25) is 0 Å². The number of hydrogen-bond acceptors (Lipinski definition) is 4. The van der Waals surface area contributed by atoms with Crippen LogP contribution in [0.4, 0.5) is 10.5 Å². The Balaban J connectivity index is 1.45. The summed E-state index contributed by atoms with van der Waals surface area (Å²) in [5.74, 6) is 0.539. The summed E-state index contributed by atoms with van der Waals surface area (Å²) in [7, 11) is 0. The number of benzene rings is 1. The molecule has 27 heavy (non-hydrogen) atoms. The van der Waals surface area contributed by atoms with Crippen molar-refractivity contribution in [1.82, 2.24) is 15.1 Å². The quantitative estimate of drug-likeness (QED) is 0.889. The fourth-order valence-corrected chi connectivity index (χ4v) is 3.95. The number of piperazine rings is 1. The third kappa shape index (κ3) is 4.72. The van der Waals surface area contributed by atoms with Gasteiger partial charge in [0.15, 0.2) is 0 Å². The van der Waals surface area contributed by atoms with Crippen LogP contribution in [0, 0.1) is 17.2 Å². The number of rotatable bonds is 3. The number of likely N-dealkylation sites (tertiary alicyclic amines) is 1. The summed E-state index contributed by atoms with van der Waals surface area (Å²) in [5, 5.41) is 12.4. The van der Waals surface area contributed by atoms with Crippen LogP contribution in [0.15, 0.2) is 24.3 Å². The van der Waals surface area contributed by atoms with Crippen molar-refractivity contribution in [3.63, 3.8) is 0 Å². The summed E-state index contributed by atoms with van der Waals surface area (Å²) in [5.41, 5.74) is 1.86. The summed E-state index contributed by atoms with van der Waals surface area (Å²) < 4.78 is 0.